The monoisotopic (exact) mass is 459 g/mol. The van der Waals surface area contributed by atoms with E-state index in [1.54, 1.807) is 30.3 Å². The second-order valence-corrected chi connectivity index (χ2v) is 8.06. The van der Waals surface area contributed by atoms with Gasteiger partial charge in [-0.2, -0.15) is 9.97 Å². The minimum absolute atomic E-state index is 0.0243. The Labute approximate surface area is 187 Å². The van der Waals surface area contributed by atoms with E-state index >= 15 is 0 Å². The first-order valence-electron chi connectivity index (χ1n) is 10.7. The molecule has 0 bridgehead atoms. The highest BCUT2D eigenvalue weighted by Gasteiger charge is 2.31. The summed E-state index contributed by atoms with van der Waals surface area (Å²) >= 11 is 0. The number of halogens is 2. The smallest absolute Gasteiger partial charge is 0.404 e. The van der Waals surface area contributed by atoms with Gasteiger partial charge in [-0.15, -0.1) is 0 Å². The van der Waals surface area contributed by atoms with Crippen LogP contribution in [0.4, 0.5) is 25.3 Å². The molecule has 3 aromatic rings. The summed E-state index contributed by atoms with van der Waals surface area (Å²) in [5.74, 6) is 0.801. The zero-order chi connectivity index (χ0) is 22.9. The Morgan fingerprint density at radius 2 is 1.82 bits per heavy atom. The molecule has 0 spiro atoms. The molecular weight excluding hydrogens is 436 g/mol. The lowest BCUT2D eigenvalue weighted by Crippen LogP contribution is -2.49. The molecule has 0 unspecified atom stereocenters. The third-order valence-electron chi connectivity index (χ3n) is 5.84. The molecule has 33 heavy (non-hydrogen) atoms. The number of ether oxygens (including phenoxy) is 1. The maximum absolute atomic E-state index is 13.9. The Kier molecular flexibility index (Phi) is 5.67. The number of benzene rings is 1. The number of fused-ring (bicyclic) bond motifs is 1. The minimum Gasteiger partial charge on any atom is -0.465 e. The van der Waals surface area contributed by atoms with Crippen molar-refractivity contribution in [3.63, 3.8) is 0 Å². The molecule has 5 rings (SSSR count). The number of carboxylic acid groups (broad SMARTS) is 1. The molecule has 174 valence electrons. The van der Waals surface area contributed by atoms with Crippen molar-refractivity contribution < 1.29 is 23.4 Å². The van der Waals surface area contributed by atoms with Crippen molar-refractivity contribution >= 4 is 28.9 Å². The Balaban J connectivity index is 1.52. The van der Waals surface area contributed by atoms with Crippen molar-refractivity contribution in [3.8, 4) is 5.82 Å². The Hall–Kier alpha value is -3.54. The number of morpholine rings is 1. The molecule has 1 aliphatic heterocycles. The summed E-state index contributed by atoms with van der Waals surface area (Å²) in [7, 11) is 0. The summed E-state index contributed by atoms with van der Waals surface area (Å²) in [5.41, 5.74) is 0.982. The summed E-state index contributed by atoms with van der Waals surface area (Å²) < 4.78 is 34.6. The van der Waals surface area contributed by atoms with E-state index in [-0.39, 0.29) is 23.7 Å². The fourth-order valence-corrected chi connectivity index (χ4v) is 4.20. The van der Waals surface area contributed by atoms with Crippen LogP contribution in [0.25, 0.3) is 16.9 Å². The number of para-hydroxylation sites is 2. The summed E-state index contributed by atoms with van der Waals surface area (Å²) in [6.45, 7) is 2.33. The molecule has 2 fully saturated rings. The van der Waals surface area contributed by atoms with Crippen molar-refractivity contribution in [2.24, 2.45) is 0 Å². The highest BCUT2D eigenvalue weighted by atomic mass is 19.3. The Morgan fingerprint density at radius 3 is 2.55 bits per heavy atom. The highest BCUT2D eigenvalue weighted by Crippen LogP contribution is 2.30. The highest BCUT2D eigenvalue weighted by molar-refractivity contribution is 5.78. The fraction of sp³-hybridized carbons (Fsp3) is 0.429. The molecule has 1 amide bonds. The fourth-order valence-electron chi connectivity index (χ4n) is 4.20. The standard InChI is InChI=1S/C21H23F2N7O3/c22-18(23)19-26-14-3-1-2-4-15(14)30(19)17-11-16(29-5-7-33-8-6-29)27-20(28-17)24-12-9-13(10-12)25-21(31)32/h1-4,11-13,18,25H,5-10H2,(H,31,32)(H,24,27,28)/t12-,13-. The molecule has 1 saturated heterocycles. The summed E-state index contributed by atoms with van der Waals surface area (Å²) in [4.78, 5) is 26.1. The first-order chi connectivity index (χ1) is 16.0. The SMILES string of the molecule is O=C(O)N[C@H]1C[C@H](Nc2nc(N3CCOCC3)cc(-n3c(C(F)F)nc4ccccc43)n2)C1. The van der Waals surface area contributed by atoms with Crippen molar-refractivity contribution in [2.45, 2.75) is 31.4 Å². The van der Waals surface area contributed by atoms with Gasteiger partial charge in [0.15, 0.2) is 5.82 Å². The van der Waals surface area contributed by atoms with Crippen LogP contribution in [0.5, 0.6) is 0 Å². The Morgan fingerprint density at radius 1 is 1.09 bits per heavy atom. The molecule has 1 saturated carbocycles. The maximum Gasteiger partial charge on any atom is 0.404 e. The molecule has 3 N–H and O–H groups in total. The van der Waals surface area contributed by atoms with E-state index < -0.39 is 12.5 Å². The summed E-state index contributed by atoms with van der Waals surface area (Å²) in [6, 6.07) is 8.46. The van der Waals surface area contributed by atoms with E-state index in [0.29, 0.717) is 61.9 Å². The second kappa shape index (κ2) is 8.77. The zero-order valence-electron chi connectivity index (χ0n) is 17.6. The molecule has 10 nitrogen and oxygen atoms in total. The second-order valence-electron chi connectivity index (χ2n) is 8.06. The number of nitrogens with zero attached hydrogens (tertiary/aromatic N) is 5. The number of hydrogen-bond donors (Lipinski definition) is 3. The summed E-state index contributed by atoms with van der Waals surface area (Å²) in [6.07, 6.45) is -2.67. The van der Waals surface area contributed by atoms with Gasteiger partial charge >= 0.3 is 6.09 Å². The van der Waals surface area contributed by atoms with E-state index in [9.17, 15) is 13.6 Å². The van der Waals surface area contributed by atoms with Gasteiger partial charge in [-0.05, 0) is 25.0 Å². The number of nitrogens with one attached hydrogen (secondary N) is 2. The van der Waals surface area contributed by atoms with E-state index in [0.717, 1.165) is 0 Å². The van der Waals surface area contributed by atoms with Crippen molar-refractivity contribution in [3.05, 3.63) is 36.2 Å². The van der Waals surface area contributed by atoms with Gasteiger partial charge in [0.1, 0.15) is 11.6 Å². The molecule has 3 heterocycles. The van der Waals surface area contributed by atoms with Crippen LogP contribution in [0.2, 0.25) is 0 Å². The van der Waals surface area contributed by atoms with E-state index in [1.165, 1.54) is 4.57 Å². The number of carbonyl (C=O) groups is 1. The Bertz CT molecular complexity index is 1160. The third-order valence-corrected chi connectivity index (χ3v) is 5.84. The van der Waals surface area contributed by atoms with Gasteiger partial charge in [0, 0.05) is 31.2 Å². The van der Waals surface area contributed by atoms with Crippen LogP contribution < -0.4 is 15.5 Å². The van der Waals surface area contributed by atoms with E-state index in [4.69, 9.17) is 9.84 Å². The number of alkyl halides is 2. The topological polar surface area (TPSA) is 117 Å². The molecule has 1 aromatic carbocycles. The normalized spacial score (nSPS) is 20.6. The van der Waals surface area contributed by atoms with Crippen LogP contribution in [0.15, 0.2) is 30.3 Å². The number of rotatable bonds is 6. The molecule has 2 aromatic heterocycles. The van der Waals surface area contributed by atoms with Gasteiger partial charge in [0.05, 0.1) is 24.2 Å². The molecule has 0 radical (unpaired) electrons. The average Bonchev–Trinajstić information content (AvgIpc) is 3.18. The van der Waals surface area contributed by atoms with Gasteiger partial charge < -0.3 is 25.4 Å². The summed E-state index contributed by atoms with van der Waals surface area (Å²) in [5, 5.41) is 14.5. The lowest BCUT2D eigenvalue weighted by atomic mass is 9.87. The molecular formula is C21H23F2N7O3. The maximum atomic E-state index is 13.9. The predicted octanol–water partition coefficient (Wildman–Crippen LogP) is 2.80. The van der Waals surface area contributed by atoms with Gasteiger partial charge in [-0.25, -0.2) is 18.6 Å². The lowest BCUT2D eigenvalue weighted by molar-refractivity contribution is 0.122. The van der Waals surface area contributed by atoms with Crippen LogP contribution >= 0.6 is 0 Å². The van der Waals surface area contributed by atoms with Crippen LogP contribution in [-0.2, 0) is 4.74 Å². The number of amides is 1. The minimum atomic E-state index is -2.79. The van der Waals surface area contributed by atoms with Crippen LogP contribution in [0, 0.1) is 0 Å². The van der Waals surface area contributed by atoms with Gasteiger partial charge in [0.2, 0.25) is 5.95 Å². The number of anilines is 2. The zero-order valence-corrected chi connectivity index (χ0v) is 17.6. The third kappa shape index (κ3) is 4.38. The largest absolute Gasteiger partial charge is 0.465 e. The van der Waals surface area contributed by atoms with Crippen molar-refractivity contribution in [1.29, 1.82) is 0 Å². The van der Waals surface area contributed by atoms with Gasteiger partial charge in [-0.3, -0.25) is 4.57 Å². The quantitative estimate of drug-likeness (QED) is 0.515. The van der Waals surface area contributed by atoms with Crippen molar-refractivity contribution in [1.82, 2.24) is 24.8 Å². The van der Waals surface area contributed by atoms with Crippen molar-refractivity contribution in [2.75, 3.05) is 36.5 Å². The number of aromatic nitrogens is 4. The van der Waals surface area contributed by atoms with Gasteiger partial charge in [-0.1, -0.05) is 12.1 Å². The van der Waals surface area contributed by atoms with E-state index in [1.807, 2.05) is 4.90 Å². The van der Waals surface area contributed by atoms with Crippen LogP contribution in [-0.4, -0.2) is 69.1 Å². The molecule has 12 heteroatoms. The predicted molar refractivity (Wildman–Crippen MR) is 116 cm³/mol. The average molecular weight is 459 g/mol. The first-order valence-corrected chi connectivity index (χ1v) is 10.7. The number of imidazole rings is 1. The first kappa shape index (κ1) is 21.3. The van der Waals surface area contributed by atoms with Gasteiger partial charge in [0.25, 0.3) is 6.43 Å². The molecule has 2 aliphatic rings. The van der Waals surface area contributed by atoms with Crippen LogP contribution in [0.3, 0.4) is 0 Å². The lowest BCUT2D eigenvalue weighted by Gasteiger charge is -2.35. The number of hydrogen-bond acceptors (Lipinski definition) is 7. The molecule has 0 atom stereocenters. The molecule has 1 aliphatic carbocycles. The van der Waals surface area contributed by atoms with Crippen LogP contribution in [0.1, 0.15) is 25.1 Å². The van der Waals surface area contributed by atoms with E-state index in [2.05, 4.69) is 25.6 Å².